The monoisotopic (exact) mass is 279 g/mol. The number of nitrogens with zero attached hydrogens (tertiary/aromatic N) is 3. The Kier molecular flexibility index (Phi) is 3.66. The van der Waals surface area contributed by atoms with Crippen molar-refractivity contribution in [3.8, 4) is 17.8 Å². The van der Waals surface area contributed by atoms with E-state index in [-0.39, 0.29) is 16.7 Å². The summed E-state index contributed by atoms with van der Waals surface area (Å²) in [6.45, 7) is 1.74. The van der Waals surface area contributed by atoms with Gasteiger partial charge in [0.15, 0.2) is 5.75 Å². The van der Waals surface area contributed by atoms with Crippen LogP contribution in [0.25, 0.3) is 0 Å². The summed E-state index contributed by atoms with van der Waals surface area (Å²) in [7, 11) is 0. The second kappa shape index (κ2) is 5.21. The molecule has 1 aromatic heterocycles. The van der Waals surface area contributed by atoms with Crippen molar-refractivity contribution in [2.45, 2.75) is 6.92 Å². The first-order valence-electron chi connectivity index (χ1n) is 4.98. The van der Waals surface area contributed by atoms with Gasteiger partial charge in [-0.2, -0.15) is 10.2 Å². The first-order valence-corrected chi connectivity index (χ1v) is 5.73. The Hall–Kier alpha value is -1.83. The molecule has 0 N–H and O–H groups in total. The Bertz CT molecular complexity index is 638. The third kappa shape index (κ3) is 2.70. The molecule has 2 rings (SSSR count). The lowest BCUT2D eigenvalue weighted by Crippen LogP contribution is -1.96. The molecule has 0 unspecified atom stereocenters. The maximum Gasteiger partial charge on any atom is 0.323 e. The van der Waals surface area contributed by atoms with E-state index in [9.17, 15) is 0 Å². The van der Waals surface area contributed by atoms with Gasteiger partial charge in [0.1, 0.15) is 16.8 Å². The van der Waals surface area contributed by atoms with Gasteiger partial charge in [-0.1, -0.05) is 29.3 Å². The molecule has 0 radical (unpaired) electrons. The Balaban J connectivity index is 2.37. The fourth-order valence-electron chi connectivity index (χ4n) is 1.31. The molecule has 0 aliphatic rings. The normalized spacial score (nSPS) is 9.89. The molecule has 0 amide bonds. The molecule has 2 aromatic rings. The van der Waals surface area contributed by atoms with E-state index in [1.165, 1.54) is 0 Å². The summed E-state index contributed by atoms with van der Waals surface area (Å²) in [4.78, 5) is 7.98. The smallest absolute Gasteiger partial charge is 0.323 e. The van der Waals surface area contributed by atoms with Gasteiger partial charge in [0.05, 0.1) is 5.02 Å². The van der Waals surface area contributed by atoms with E-state index >= 15 is 0 Å². The molecule has 90 valence electrons. The third-order valence-electron chi connectivity index (χ3n) is 2.07. The van der Waals surface area contributed by atoms with Crippen LogP contribution in [0.2, 0.25) is 10.0 Å². The van der Waals surface area contributed by atoms with Crippen LogP contribution < -0.4 is 4.74 Å². The lowest BCUT2D eigenvalue weighted by molar-refractivity contribution is 0.440. The van der Waals surface area contributed by atoms with Gasteiger partial charge in [0.2, 0.25) is 0 Å². The van der Waals surface area contributed by atoms with Crippen LogP contribution in [0.15, 0.2) is 24.3 Å². The van der Waals surface area contributed by atoms with E-state index in [0.717, 1.165) is 0 Å². The summed E-state index contributed by atoms with van der Waals surface area (Å²) in [5.74, 6) is 0.346. The molecule has 0 saturated carbocycles. The molecule has 4 nitrogen and oxygen atoms in total. The standard InChI is InChI=1S/C12H7Cl2N3O/c1-7-5-8(6-15)17-12(16-7)18-10-4-2-3-9(13)11(10)14/h2-5H,1H3. The zero-order chi connectivity index (χ0) is 13.1. The molecule has 0 spiro atoms. The van der Waals surface area contributed by atoms with Gasteiger partial charge in [-0.3, -0.25) is 0 Å². The first-order chi connectivity index (χ1) is 8.60. The molecule has 0 fully saturated rings. The summed E-state index contributed by atoms with van der Waals surface area (Å²) in [6, 6.07) is 8.55. The summed E-state index contributed by atoms with van der Waals surface area (Å²) < 4.78 is 5.42. The zero-order valence-corrected chi connectivity index (χ0v) is 10.8. The Labute approximate surface area is 114 Å². The number of aromatic nitrogens is 2. The highest BCUT2D eigenvalue weighted by molar-refractivity contribution is 6.42. The number of benzene rings is 1. The van der Waals surface area contributed by atoms with Crippen LogP contribution in [0.1, 0.15) is 11.4 Å². The highest BCUT2D eigenvalue weighted by Crippen LogP contribution is 2.33. The van der Waals surface area contributed by atoms with E-state index < -0.39 is 0 Å². The lowest BCUT2D eigenvalue weighted by atomic mass is 10.3. The summed E-state index contributed by atoms with van der Waals surface area (Å²) >= 11 is 11.8. The van der Waals surface area contributed by atoms with Gasteiger partial charge >= 0.3 is 6.01 Å². The number of ether oxygens (including phenoxy) is 1. The summed E-state index contributed by atoms with van der Waals surface area (Å²) in [6.07, 6.45) is 0. The van der Waals surface area contributed by atoms with Crippen LogP contribution in [-0.2, 0) is 0 Å². The van der Waals surface area contributed by atoms with Crippen molar-refractivity contribution in [2.75, 3.05) is 0 Å². The van der Waals surface area contributed by atoms with Crippen LogP contribution in [0, 0.1) is 18.3 Å². The number of hydrogen-bond acceptors (Lipinski definition) is 4. The van der Waals surface area contributed by atoms with Crippen molar-refractivity contribution in [1.29, 1.82) is 5.26 Å². The SMILES string of the molecule is Cc1cc(C#N)nc(Oc2cccc(Cl)c2Cl)n1. The number of hydrogen-bond donors (Lipinski definition) is 0. The van der Waals surface area contributed by atoms with Crippen molar-refractivity contribution in [1.82, 2.24) is 9.97 Å². The highest BCUT2D eigenvalue weighted by atomic mass is 35.5. The van der Waals surface area contributed by atoms with Crippen molar-refractivity contribution in [2.24, 2.45) is 0 Å². The lowest BCUT2D eigenvalue weighted by Gasteiger charge is -2.07. The third-order valence-corrected chi connectivity index (χ3v) is 2.87. The van der Waals surface area contributed by atoms with Crippen molar-refractivity contribution < 1.29 is 4.74 Å². The van der Waals surface area contributed by atoms with Gasteiger partial charge in [-0.15, -0.1) is 0 Å². The molecule has 0 aliphatic heterocycles. The van der Waals surface area contributed by atoms with Crippen molar-refractivity contribution in [3.63, 3.8) is 0 Å². The zero-order valence-electron chi connectivity index (χ0n) is 9.32. The molecule has 1 heterocycles. The van der Waals surface area contributed by atoms with E-state index in [2.05, 4.69) is 9.97 Å². The van der Waals surface area contributed by atoms with Gasteiger partial charge in [0, 0.05) is 5.69 Å². The molecule has 0 saturated heterocycles. The second-order valence-electron chi connectivity index (χ2n) is 3.44. The van der Waals surface area contributed by atoms with Gasteiger partial charge in [0.25, 0.3) is 0 Å². The van der Waals surface area contributed by atoms with Crippen molar-refractivity contribution >= 4 is 23.2 Å². The maximum atomic E-state index is 8.81. The topological polar surface area (TPSA) is 58.8 Å². The Morgan fingerprint density at radius 2 is 2.06 bits per heavy atom. The van der Waals surface area contributed by atoms with Crippen LogP contribution in [0.4, 0.5) is 0 Å². The average Bonchev–Trinajstić information content (AvgIpc) is 2.34. The molecule has 6 heteroatoms. The molecule has 18 heavy (non-hydrogen) atoms. The predicted molar refractivity (Wildman–Crippen MR) is 68.0 cm³/mol. The minimum absolute atomic E-state index is 0.0655. The number of aryl methyl sites for hydroxylation is 1. The van der Waals surface area contributed by atoms with Crippen LogP contribution >= 0.6 is 23.2 Å². The average molecular weight is 280 g/mol. The van der Waals surface area contributed by atoms with E-state index in [1.54, 1.807) is 31.2 Å². The molecule has 0 bridgehead atoms. The quantitative estimate of drug-likeness (QED) is 0.840. The molecular formula is C12H7Cl2N3O. The molecule has 0 atom stereocenters. The minimum Gasteiger partial charge on any atom is -0.423 e. The fourth-order valence-corrected chi connectivity index (χ4v) is 1.64. The van der Waals surface area contributed by atoms with Gasteiger partial charge < -0.3 is 4.74 Å². The van der Waals surface area contributed by atoms with Crippen LogP contribution in [-0.4, -0.2) is 9.97 Å². The maximum absolute atomic E-state index is 8.81. The highest BCUT2D eigenvalue weighted by Gasteiger charge is 2.09. The van der Waals surface area contributed by atoms with E-state index in [4.69, 9.17) is 33.2 Å². The Morgan fingerprint density at radius 1 is 1.28 bits per heavy atom. The van der Waals surface area contributed by atoms with E-state index in [0.29, 0.717) is 16.5 Å². The van der Waals surface area contributed by atoms with Gasteiger partial charge in [-0.25, -0.2) is 4.98 Å². The van der Waals surface area contributed by atoms with Crippen LogP contribution in [0.5, 0.6) is 11.8 Å². The second-order valence-corrected chi connectivity index (χ2v) is 4.23. The predicted octanol–water partition coefficient (Wildman–Crippen LogP) is 3.76. The van der Waals surface area contributed by atoms with E-state index in [1.807, 2.05) is 6.07 Å². The number of nitriles is 1. The molecule has 0 aliphatic carbocycles. The fraction of sp³-hybridized carbons (Fsp3) is 0.0833. The first kappa shape index (κ1) is 12.6. The number of halogens is 2. The minimum atomic E-state index is 0.0655. The molecule has 1 aromatic carbocycles. The van der Waals surface area contributed by atoms with Crippen LogP contribution in [0.3, 0.4) is 0 Å². The van der Waals surface area contributed by atoms with Gasteiger partial charge in [-0.05, 0) is 25.1 Å². The number of rotatable bonds is 2. The summed E-state index contributed by atoms with van der Waals surface area (Å²) in [5.41, 5.74) is 0.866. The Morgan fingerprint density at radius 3 is 2.78 bits per heavy atom. The largest absolute Gasteiger partial charge is 0.423 e. The summed E-state index contributed by atoms with van der Waals surface area (Å²) in [5, 5.41) is 9.47. The van der Waals surface area contributed by atoms with Crippen molar-refractivity contribution in [3.05, 3.63) is 45.7 Å². The molecular weight excluding hydrogens is 273 g/mol.